The van der Waals surface area contributed by atoms with E-state index in [-0.39, 0.29) is 19.7 Å². The van der Waals surface area contributed by atoms with Gasteiger partial charge in [-0.25, -0.2) is 4.79 Å². The molecule has 1 N–H and O–H groups in total. The lowest BCUT2D eigenvalue weighted by Crippen LogP contribution is -2.64. The number of β-amino-alcohol motifs (C(OH)–C–C–N with tert-alkyl or cyclic N) is 1. The van der Waals surface area contributed by atoms with Crippen molar-refractivity contribution in [1.82, 2.24) is 4.90 Å². The number of benzene rings is 1. The summed E-state index contributed by atoms with van der Waals surface area (Å²) in [6, 6.07) is 9.30. The Kier molecular flexibility index (Phi) is 3.10. The van der Waals surface area contributed by atoms with E-state index in [0.29, 0.717) is 6.29 Å². The van der Waals surface area contributed by atoms with E-state index in [1.54, 1.807) is 0 Å². The fourth-order valence-electron chi connectivity index (χ4n) is 1.63. The standard InChI is InChI=1S/C12H13NO4/c14-9-12(16)7-13(8-12)11(15)17-6-10-4-2-1-3-5-10/h1-5,9,16H,6-8H2. The zero-order valence-electron chi connectivity index (χ0n) is 9.20. The van der Waals surface area contributed by atoms with Crippen LogP contribution in [0.3, 0.4) is 0 Å². The second kappa shape index (κ2) is 4.55. The number of amides is 1. The van der Waals surface area contributed by atoms with Gasteiger partial charge in [0.05, 0.1) is 13.1 Å². The first-order chi connectivity index (χ1) is 8.13. The molecule has 17 heavy (non-hydrogen) atoms. The summed E-state index contributed by atoms with van der Waals surface area (Å²) in [4.78, 5) is 23.2. The van der Waals surface area contributed by atoms with Gasteiger partial charge in [0.15, 0.2) is 11.9 Å². The van der Waals surface area contributed by atoms with Gasteiger partial charge in [-0.2, -0.15) is 0 Å². The van der Waals surface area contributed by atoms with Gasteiger partial charge >= 0.3 is 6.09 Å². The molecule has 2 rings (SSSR count). The summed E-state index contributed by atoms with van der Waals surface area (Å²) in [7, 11) is 0. The number of likely N-dealkylation sites (tertiary alicyclic amines) is 1. The van der Waals surface area contributed by atoms with Crippen LogP contribution in [0, 0.1) is 0 Å². The second-order valence-electron chi connectivity index (χ2n) is 4.12. The van der Waals surface area contributed by atoms with Crippen LogP contribution in [0.15, 0.2) is 30.3 Å². The average Bonchev–Trinajstić information content (AvgIpc) is 2.33. The number of rotatable bonds is 3. The van der Waals surface area contributed by atoms with Crippen molar-refractivity contribution in [2.75, 3.05) is 13.1 Å². The molecule has 1 aromatic carbocycles. The van der Waals surface area contributed by atoms with Gasteiger partial charge in [0.1, 0.15) is 6.61 Å². The van der Waals surface area contributed by atoms with Gasteiger partial charge in [-0.3, -0.25) is 4.79 Å². The lowest BCUT2D eigenvalue weighted by molar-refractivity contribution is -0.140. The summed E-state index contributed by atoms with van der Waals surface area (Å²) >= 11 is 0. The molecule has 0 spiro atoms. The molecule has 0 saturated carbocycles. The molecule has 0 bridgehead atoms. The molecule has 1 aliphatic heterocycles. The SMILES string of the molecule is O=CC1(O)CN(C(=O)OCc2ccccc2)C1. The van der Waals surface area contributed by atoms with E-state index in [1.807, 2.05) is 30.3 Å². The van der Waals surface area contributed by atoms with Crippen molar-refractivity contribution in [3.8, 4) is 0 Å². The zero-order chi connectivity index (χ0) is 12.3. The van der Waals surface area contributed by atoms with Gasteiger partial charge in [0.25, 0.3) is 0 Å². The number of aliphatic hydroxyl groups is 1. The Morgan fingerprint density at radius 1 is 1.41 bits per heavy atom. The summed E-state index contributed by atoms with van der Waals surface area (Å²) in [5.41, 5.74) is -0.488. The molecule has 0 aliphatic carbocycles. The Hall–Kier alpha value is -1.88. The molecule has 0 radical (unpaired) electrons. The van der Waals surface area contributed by atoms with Crippen molar-refractivity contribution < 1.29 is 19.4 Å². The maximum atomic E-state index is 11.5. The predicted molar refractivity (Wildman–Crippen MR) is 59.2 cm³/mol. The van der Waals surface area contributed by atoms with Gasteiger partial charge < -0.3 is 14.7 Å². The Morgan fingerprint density at radius 2 is 2.06 bits per heavy atom. The Bertz CT molecular complexity index is 412. The summed E-state index contributed by atoms with van der Waals surface area (Å²) < 4.78 is 5.03. The number of ether oxygens (including phenoxy) is 1. The monoisotopic (exact) mass is 235 g/mol. The molecule has 1 heterocycles. The van der Waals surface area contributed by atoms with Crippen LogP contribution in [0.2, 0.25) is 0 Å². The number of nitrogens with zero attached hydrogens (tertiary/aromatic N) is 1. The third-order valence-corrected chi connectivity index (χ3v) is 2.61. The van der Waals surface area contributed by atoms with Gasteiger partial charge in [-0.1, -0.05) is 30.3 Å². The third kappa shape index (κ3) is 2.62. The highest BCUT2D eigenvalue weighted by atomic mass is 16.6. The lowest BCUT2D eigenvalue weighted by Gasteiger charge is -2.41. The molecule has 0 unspecified atom stereocenters. The summed E-state index contributed by atoms with van der Waals surface area (Å²) in [5, 5.41) is 9.41. The van der Waals surface area contributed by atoms with Crippen LogP contribution >= 0.6 is 0 Å². The number of hydrogen-bond acceptors (Lipinski definition) is 4. The van der Waals surface area contributed by atoms with Crippen LogP contribution in [-0.4, -0.2) is 41.1 Å². The first kappa shape index (κ1) is 11.6. The molecule has 90 valence electrons. The summed E-state index contributed by atoms with van der Waals surface area (Å²) in [6.07, 6.45) is -0.0612. The molecular weight excluding hydrogens is 222 g/mol. The van der Waals surface area contributed by atoms with E-state index in [9.17, 15) is 14.7 Å². The van der Waals surface area contributed by atoms with Crippen LogP contribution in [0.25, 0.3) is 0 Å². The largest absolute Gasteiger partial charge is 0.445 e. The van der Waals surface area contributed by atoms with E-state index in [0.717, 1.165) is 5.56 Å². The predicted octanol–water partition coefficient (Wildman–Crippen LogP) is 0.569. The van der Waals surface area contributed by atoms with Gasteiger partial charge in [0.2, 0.25) is 0 Å². The maximum absolute atomic E-state index is 11.5. The van der Waals surface area contributed by atoms with E-state index >= 15 is 0 Å². The highest BCUT2D eigenvalue weighted by Crippen LogP contribution is 2.19. The minimum Gasteiger partial charge on any atom is -0.445 e. The first-order valence-corrected chi connectivity index (χ1v) is 5.27. The quantitative estimate of drug-likeness (QED) is 0.778. The van der Waals surface area contributed by atoms with Crippen LogP contribution in [0.5, 0.6) is 0 Å². The number of carbonyl (C=O) groups is 2. The third-order valence-electron chi connectivity index (χ3n) is 2.61. The first-order valence-electron chi connectivity index (χ1n) is 5.27. The topological polar surface area (TPSA) is 66.8 Å². The Morgan fingerprint density at radius 3 is 2.65 bits per heavy atom. The van der Waals surface area contributed by atoms with E-state index < -0.39 is 11.7 Å². The fraction of sp³-hybridized carbons (Fsp3) is 0.333. The minimum absolute atomic E-state index is 0.00409. The molecular formula is C12H13NO4. The van der Waals surface area contributed by atoms with Gasteiger partial charge in [-0.05, 0) is 5.56 Å². The Labute approximate surface area is 98.6 Å². The normalized spacial score (nSPS) is 17.1. The zero-order valence-corrected chi connectivity index (χ0v) is 9.20. The second-order valence-corrected chi connectivity index (χ2v) is 4.12. The molecule has 1 fully saturated rings. The number of carbonyl (C=O) groups excluding carboxylic acids is 2. The fourth-order valence-corrected chi connectivity index (χ4v) is 1.63. The average molecular weight is 235 g/mol. The number of hydrogen-bond donors (Lipinski definition) is 1. The lowest BCUT2D eigenvalue weighted by atomic mass is 9.97. The molecule has 1 aromatic rings. The van der Waals surface area contributed by atoms with Crippen LogP contribution < -0.4 is 0 Å². The molecule has 5 nitrogen and oxygen atoms in total. The molecule has 1 amide bonds. The molecule has 0 atom stereocenters. The molecule has 1 aliphatic rings. The van der Waals surface area contributed by atoms with Crippen molar-refractivity contribution in [2.45, 2.75) is 12.2 Å². The van der Waals surface area contributed by atoms with Crippen LogP contribution in [0.4, 0.5) is 4.79 Å². The highest BCUT2D eigenvalue weighted by Gasteiger charge is 2.44. The Balaban J connectivity index is 1.78. The van der Waals surface area contributed by atoms with Crippen molar-refractivity contribution in [1.29, 1.82) is 0 Å². The van der Waals surface area contributed by atoms with E-state index in [4.69, 9.17) is 4.74 Å². The smallest absolute Gasteiger partial charge is 0.410 e. The summed E-state index contributed by atoms with van der Waals surface area (Å²) in [6.45, 7) is 0.198. The van der Waals surface area contributed by atoms with Gasteiger partial charge in [0, 0.05) is 0 Å². The minimum atomic E-state index is -1.38. The van der Waals surface area contributed by atoms with Crippen molar-refractivity contribution >= 4 is 12.4 Å². The van der Waals surface area contributed by atoms with E-state index in [2.05, 4.69) is 0 Å². The van der Waals surface area contributed by atoms with Crippen molar-refractivity contribution in [3.05, 3.63) is 35.9 Å². The summed E-state index contributed by atoms with van der Waals surface area (Å²) in [5.74, 6) is 0. The maximum Gasteiger partial charge on any atom is 0.410 e. The van der Waals surface area contributed by atoms with Crippen molar-refractivity contribution in [3.63, 3.8) is 0 Å². The van der Waals surface area contributed by atoms with Gasteiger partial charge in [-0.15, -0.1) is 0 Å². The highest BCUT2D eigenvalue weighted by molar-refractivity contribution is 5.74. The van der Waals surface area contributed by atoms with E-state index in [1.165, 1.54) is 4.90 Å². The number of aldehydes is 1. The molecule has 0 aromatic heterocycles. The molecule has 5 heteroatoms. The van der Waals surface area contributed by atoms with Crippen LogP contribution in [0.1, 0.15) is 5.56 Å². The van der Waals surface area contributed by atoms with Crippen LogP contribution in [-0.2, 0) is 16.1 Å². The molecule has 1 saturated heterocycles. The van der Waals surface area contributed by atoms with Crippen molar-refractivity contribution in [2.24, 2.45) is 0 Å².